The van der Waals surface area contributed by atoms with Gasteiger partial charge in [-0.1, -0.05) is 43.1 Å². The molecule has 0 unspecified atom stereocenters. The number of amides is 2. The van der Waals surface area contributed by atoms with E-state index in [1.54, 1.807) is 36.4 Å². The molecule has 0 saturated heterocycles. The quantitative estimate of drug-likeness (QED) is 0.348. The molecule has 12 heteroatoms. The van der Waals surface area contributed by atoms with Crippen LogP contribution in [0.4, 0.5) is 5.69 Å². The van der Waals surface area contributed by atoms with Gasteiger partial charge in [0, 0.05) is 41.7 Å². The molecule has 0 radical (unpaired) electrons. The number of ether oxygens (including phenoxy) is 2. The van der Waals surface area contributed by atoms with Gasteiger partial charge >= 0.3 is 0 Å². The van der Waals surface area contributed by atoms with Gasteiger partial charge in [0.15, 0.2) is 11.5 Å². The number of hydrogen-bond acceptors (Lipinski definition) is 6. The molecule has 39 heavy (non-hydrogen) atoms. The number of hydrogen-bond donors (Lipinski definition) is 1. The first-order valence-electron chi connectivity index (χ1n) is 12.9. The lowest BCUT2D eigenvalue weighted by Crippen LogP contribution is -2.50. The van der Waals surface area contributed by atoms with Gasteiger partial charge in [-0.05, 0) is 56.0 Å². The second-order valence-corrected chi connectivity index (χ2v) is 12.2. The molecule has 1 aliphatic rings. The minimum atomic E-state index is -3.64. The Morgan fingerprint density at radius 2 is 1.77 bits per heavy atom. The molecule has 1 aliphatic heterocycles. The molecule has 3 rings (SSSR count). The summed E-state index contributed by atoms with van der Waals surface area (Å²) in [5, 5.41) is 3.82. The van der Waals surface area contributed by atoms with Gasteiger partial charge < -0.3 is 19.7 Å². The third kappa shape index (κ3) is 8.16. The average Bonchev–Trinajstić information content (AvgIpc) is 3.34. The summed E-state index contributed by atoms with van der Waals surface area (Å²) in [4.78, 5) is 28.2. The zero-order valence-electron chi connectivity index (χ0n) is 22.6. The largest absolute Gasteiger partial charge is 0.454 e. The van der Waals surface area contributed by atoms with Crippen LogP contribution in [-0.2, 0) is 26.2 Å². The summed E-state index contributed by atoms with van der Waals surface area (Å²) in [5.74, 6) is 0.469. The van der Waals surface area contributed by atoms with Crippen molar-refractivity contribution < 1.29 is 27.5 Å². The van der Waals surface area contributed by atoms with Gasteiger partial charge in [0.25, 0.3) is 0 Å². The van der Waals surface area contributed by atoms with Crippen molar-refractivity contribution in [2.24, 2.45) is 0 Å². The monoisotopic (exact) mass is 599 g/mol. The Bertz CT molecular complexity index is 1290. The zero-order chi connectivity index (χ0) is 28.7. The molecule has 0 saturated carbocycles. The highest BCUT2D eigenvalue weighted by molar-refractivity contribution is 7.92. The summed E-state index contributed by atoms with van der Waals surface area (Å²) in [6.07, 6.45) is 2.51. The van der Waals surface area contributed by atoms with Gasteiger partial charge in [-0.2, -0.15) is 0 Å². The van der Waals surface area contributed by atoms with E-state index in [0.29, 0.717) is 39.2 Å². The Hall–Kier alpha value is -2.69. The van der Waals surface area contributed by atoms with Crippen molar-refractivity contribution in [3.8, 4) is 11.5 Å². The van der Waals surface area contributed by atoms with Gasteiger partial charge in [-0.15, -0.1) is 0 Å². The Morgan fingerprint density at radius 3 is 2.41 bits per heavy atom. The van der Waals surface area contributed by atoms with E-state index in [-0.39, 0.29) is 50.6 Å². The highest BCUT2D eigenvalue weighted by Gasteiger charge is 2.30. The number of carbonyl (C=O) groups excluding carboxylic acids is 2. The van der Waals surface area contributed by atoms with Crippen molar-refractivity contribution in [1.29, 1.82) is 0 Å². The molecule has 2 aromatic carbocycles. The number of rotatable bonds is 13. The first-order chi connectivity index (χ1) is 18.4. The molecule has 214 valence electrons. The molecule has 9 nitrogen and oxygen atoms in total. The number of carbonyl (C=O) groups is 2. The maximum absolute atomic E-state index is 13.6. The lowest BCUT2D eigenvalue weighted by molar-refractivity contribution is -0.141. The van der Waals surface area contributed by atoms with Crippen LogP contribution in [0.1, 0.15) is 52.0 Å². The molecular formula is C27H35Cl2N3O6S. The van der Waals surface area contributed by atoms with Crippen LogP contribution in [-0.4, -0.2) is 56.8 Å². The zero-order valence-corrected chi connectivity index (χ0v) is 24.9. The van der Waals surface area contributed by atoms with E-state index in [9.17, 15) is 18.0 Å². The van der Waals surface area contributed by atoms with Crippen LogP contribution < -0.4 is 19.1 Å². The van der Waals surface area contributed by atoms with Crippen LogP contribution in [0.2, 0.25) is 10.0 Å². The Kier molecular flexibility index (Phi) is 10.7. The molecule has 1 N–H and O–H groups in total. The maximum atomic E-state index is 13.6. The third-order valence-electron chi connectivity index (χ3n) is 6.54. The number of anilines is 1. The minimum absolute atomic E-state index is 0.0227. The second kappa shape index (κ2) is 13.6. The molecule has 0 fully saturated rings. The molecule has 0 bridgehead atoms. The van der Waals surface area contributed by atoms with Crippen LogP contribution in [0.5, 0.6) is 11.5 Å². The summed E-state index contributed by atoms with van der Waals surface area (Å²) >= 11 is 12.4. The standard InChI is InChI=1S/C27H35Cl2N3O6S/c1-5-18(3)30-27(34)23(6-2)31(16-19-9-10-20(28)14-22(19)29)26(33)8-7-13-32(39(4,35)36)21-11-12-24-25(15-21)38-17-37-24/h9-12,14-15,18,23H,5-8,13,16-17H2,1-4H3,(H,30,34)/t18-,23+/m0/s1. The predicted molar refractivity (Wildman–Crippen MR) is 153 cm³/mol. The molecule has 2 aromatic rings. The van der Waals surface area contributed by atoms with Gasteiger partial charge in [0.1, 0.15) is 6.04 Å². The fraction of sp³-hybridized carbons (Fsp3) is 0.481. The topological polar surface area (TPSA) is 105 Å². The molecule has 2 amide bonds. The molecule has 0 aliphatic carbocycles. The van der Waals surface area contributed by atoms with E-state index in [2.05, 4.69) is 5.32 Å². The number of nitrogens with one attached hydrogen (secondary N) is 1. The van der Waals surface area contributed by atoms with Gasteiger partial charge in [-0.3, -0.25) is 13.9 Å². The summed E-state index contributed by atoms with van der Waals surface area (Å²) in [6, 6.07) is 9.13. The Balaban J connectivity index is 1.79. The van der Waals surface area contributed by atoms with Crippen molar-refractivity contribution in [2.45, 2.75) is 65.1 Å². The fourth-order valence-corrected chi connectivity index (χ4v) is 5.66. The molecule has 2 atom stereocenters. The smallest absolute Gasteiger partial charge is 0.243 e. The first kappa shape index (κ1) is 30.8. The Morgan fingerprint density at radius 1 is 1.05 bits per heavy atom. The normalized spacial score (nSPS) is 14.0. The van der Waals surface area contributed by atoms with Crippen LogP contribution in [0.3, 0.4) is 0 Å². The van der Waals surface area contributed by atoms with E-state index in [0.717, 1.165) is 12.7 Å². The highest BCUT2D eigenvalue weighted by atomic mass is 35.5. The maximum Gasteiger partial charge on any atom is 0.243 e. The summed E-state index contributed by atoms with van der Waals surface area (Å²) in [5.41, 5.74) is 1.07. The minimum Gasteiger partial charge on any atom is -0.454 e. The van der Waals surface area contributed by atoms with E-state index in [1.807, 2.05) is 20.8 Å². The van der Waals surface area contributed by atoms with E-state index in [1.165, 1.54) is 9.21 Å². The average molecular weight is 601 g/mol. The van der Waals surface area contributed by atoms with Crippen LogP contribution in [0.15, 0.2) is 36.4 Å². The van der Waals surface area contributed by atoms with Gasteiger partial charge in [0.2, 0.25) is 28.6 Å². The van der Waals surface area contributed by atoms with Crippen molar-refractivity contribution >= 4 is 50.7 Å². The van der Waals surface area contributed by atoms with Crippen molar-refractivity contribution in [3.63, 3.8) is 0 Å². The third-order valence-corrected chi connectivity index (χ3v) is 8.32. The number of benzene rings is 2. The summed E-state index contributed by atoms with van der Waals surface area (Å²) in [6.45, 7) is 5.96. The van der Waals surface area contributed by atoms with Gasteiger partial charge in [0.05, 0.1) is 11.9 Å². The SMILES string of the molecule is CC[C@H](C(=O)N[C@@H](C)CC)N(Cc1ccc(Cl)cc1Cl)C(=O)CCCN(c1ccc2c(c1)OCO2)S(C)(=O)=O. The summed E-state index contributed by atoms with van der Waals surface area (Å²) in [7, 11) is -3.64. The van der Waals surface area contributed by atoms with E-state index in [4.69, 9.17) is 32.7 Å². The number of halogens is 2. The summed E-state index contributed by atoms with van der Waals surface area (Å²) < 4.78 is 37.1. The second-order valence-electron chi connectivity index (χ2n) is 9.48. The van der Waals surface area contributed by atoms with E-state index >= 15 is 0 Å². The van der Waals surface area contributed by atoms with Crippen molar-refractivity contribution in [1.82, 2.24) is 10.2 Å². The molecule has 1 heterocycles. The predicted octanol–water partition coefficient (Wildman–Crippen LogP) is 4.99. The number of fused-ring (bicyclic) bond motifs is 1. The lowest BCUT2D eigenvalue weighted by atomic mass is 10.1. The highest BCUT2D eigenvalue weighted by Crippen LogP contribution is 2.36. The van der Waals surface area contributed by atoms with Crippen molar-refractivity contribution in [3.05, 3.63) is 52.0 Å². The molecule has 0 spiro atoms. The molecular weight excluding hydrogens is 565 g/mol. The van der Waals surface area contributed by atoms with Crippen LogP contribution >= 0.6 is 23.2 Å². The first-order valence-corrected chi connectivity index (χ1v) is 15.5. The Labute approximate surface area is 240 Å². The van der Waals surface area contributed by atoms with Gasteiger partial charge in [-0.25, -0.2) is 8.42 Å². The lowest BCUT2D eigenvalue weighted by Gasteiger charge is -2.32. The fourth-order valence-electron chi connectivity index (χ4n) is 4.24. The number of nitrogens with zero attached hydrogens (tertiary/aromatic N) is 2. The van der Waals surface area contributed by atoms with Crippen LogP contribution in [0, 0.1) is 0 Å². The van der Waals surface area contributed by atoms with Crippen LogP contribution in [0.25, 0.3) is 0 Å². The van der Waals surface area contributed by atoms with Crippen molar-refractivity contribution in [2.75, 3.05) is 23.9 Å². The number of sulfonamides is 1. The molecule has 0 aromatic heterocycles. The van der Waals surface area contributed by atoms with E-state index < -0.39 is 16.1 Å².